The van der Waals surface area contributed by atoms with E-state index in [-0.39, 0.29) is 0 Å². The molecule has 0 aromatic heterocycles. The van der Waals surface area contributed by atoms with Crippen molar-refractivity contribution in [3.63, 3.8) is 0 Å². The van der Waals surface area contributed by atoms with Crippen LogP contribution in [-0.4, -0.2) is 23.1 Å². The lowest BCUT2D eigenvalue weighted by atomic mass is 10.0. The van der Waals surface area contributed by atoms with E-state index in [1.807, 2.05) is 0 Å². The minimum atomic E-state index is 0.371. The highest BCUT2D eigenvalue weighted by atomic mass is 32.2. The third-order valence-corrected chi connectivity index (χ3v) is 4.55. The molecule has 2 rings (SSSR count). The van der Waals surface area contributed by atoms with E-state index >= 15 is 0 Å². The van der Waals surface area contributed by atoms with Crippen LogP contribution in [0.1, 0.15) is 27.2 Å². The molecule has 0 bridgehead atoms. The summed E-state index contributed by atoms with van der Waals surface area (Å²) in [4.78, 5) is 0. The Morgan fingerprint density at radius 2 is 2.08 bits per heavy atom. The Kier molecular flexibility index (Phi) is 2.16. The smallest absolute Gasteiger partial charge is 0.0218 e. The van der Waals surface area contributed by atoms with Crippen molar-refractivity contribution in [1.29, 1.82) is 0 Å². The molecule has 2 heteroatoms. The Morgan fingerprint density at radius 3 is 2.58 bits per heavy atom. The molecule has 3 atom stereocenters. The van der Waals surface area contributed by atoms with Crippen molar-refractivity contribution in [2.75, 3.05) is 11.5 Å². The topological polar surface area (TPSA) is 12.0 Å². The van der Waals surface area contributed by atoms with Gasteiger partial charge in [0.2, 0.25) is 0 Å². The van der Waals surface area contributed by atoms with Crippen LogP contribution < -0.4 is 5.32 Å². The van der Waals surface area contributed by atoms with Crippen LogP contribution in [-0.2, 0) is 0 Å². The average Bonchev–Trinajstić information content (AvgIpc) is 2.64. The fourth-order valence-electron chi connectivity index (χ4n) is 2.17. The van der Waals surface area contributed by atoms with E-state index in [1.54, 1.807) is 0 Å². The summed E-state index contributed by atoms with van der Waals surface area (Å²) in [6.45, 7) is 7.01. The fourth-order valence-corrected chi connectivity index (χ4v) is 3.46. The number of thioether (sulfide) groups is 1. The highest BCUT2D eigenvalue weighted by Crippen LogP contribution is 2.43. The fraction of sp³-hybridized carbons (Fsp3) is 1.00. The number of rotatable bonds is 1. The second-order valence-corrected chi connectivity index (χ2v) is 6.06. The van der Waals surface area contributed by atoms with Gasteiger partial charge in [-0.25, -0.2) is 0 Å². The molecule has 12 heavy (non-hydrogen) atoms. The van der Waals surface area contributed by atoms with Gasteiger partial charge in [-0.2, -0.15) is 11.8 Å². The first kappa shape index (κ1) is 8.89. The summed E-state index contributed by atoms with van der Waals surface area (Å²) in [5.41, 5.74) is 0.371. The van der Waals surface area contributed by atoms with Gasteiger partial charge < -0.3 is 5.32 Å². The third kappa shape index (κ3) is 1.80. The summed E-state index contributed by atoms with van der Waals surface area (Å²) in [7, 11) is 0. The van der Waals surface area contributed by atoms with Crippen LogP contribution in [0.2, 0.25) is 0 Å². The Balaban J connectivity index is 1.91. The van der Waals surface area contributed by atoms with E-state index in [9.17, 15) is 0 Å². The van der Waals surface area contributed by atoms with Gasteiger partial charge in [0.05, 0.1) is 0 Å². The summed E-state index contributed by atoms with van der Waals surface area (Å²) in [6, 6.07) is 0.800. The van der Waals surface area contributed by atoms with E-state index in [2.05, 4.69) is 37.8 Å². The van der Waals surface area contributed by atoms with Gasteiger partial charge in [-0.05, 0) is 32.1 Å². The average molecular weight is 185 g/mol. The summed E-state index contributed by atoms with van der Waals surface area (Å²) in [5, 5.41) is 3.76. The molecule has 2 fully saturated rings. The van der Waals surface area contributed by atoms with E-state index in [4.69, 9.17) is 0 Å². The number of hydrogen-bond donors (Lipinski definition) is 1. The lowest BCUT2D eigenvalue weighted by molar-refractivity contribution is 0.341. The van der Waals surface area contributed by atoms with Gasteiger partial charge in [0, 0.05) is 23.1 Å². The second kappa shape index (κ2) is 2.91. The van der Waals surface area contributed by atoms with Crippen LogP contribution in [0.4, 0.5) is 0 Å². The van der Waals surface area contributed by atoms with Gasteiger partial charge in [-0.3, -0.25) is 0 Å². The van der Waals surface area contributed by atoms with E-state index in [1.165, 1.54) is 17.9 Å². The molecule has 0 spiro atoms. The zero-order valence-electron chi connectivity index (χ0n) is 8.26. The van der Waals surface area contributed by atoms with Crippen molar-refractivity contribution >= 4 is 11.8 Å². The zero-order chi connectivity index (χ0) is 8.77. The van der Waals surface area contributed by atoms with Gasteiger partial charge in [0.25, 0.3) is 0 Å². The maximum atomic E-state index is 3.76. The van der Waals surface area contributed by atoms with Crippen LogP contribution >= 0.6 is 11.8 Å². The molecule has 0 amide bonds. The highest BCUT2D eigenvalue weighted by molar-refractivity contribution is 7.99. The molecular formula is C10H19NS. The lowest BCUT2D eigenvalue weighted by Gasteiger charge is -2.37. The quantitative estimate of drug-likeness (QED) is 0.671. The molecule has 2 aliphatic rings. The van der Waals surface area contributed by atoms with Crippen LogP contribution in [0.5, 0.6) is 0 Å². The molecule has 1 aliphatic carbocycles. The van der Waals surface area contributed by atoms with Gasteiger partial charge in [0.1, 0.15) is 0 Å². The largest absolute Gasteiger partial charge is 0.307 e. The molecule has 70 valence electrons. The van der Waals surface area contributed by atoms with Crippen molar-refractivity contribution in [1.82, 2.24) is 5.32 Å². The minimum absolute atomic E-state index is 0.371. The summed E-state index contributed by atoms with van der Waals surface area (Å²) < 4.78 is 0. The van der Waals surface area contributed by atoms with Crippen LogP contribution in [0.3, 0.4) is 0 Å². The van der Waals surface area contributed by atoms with Crippen molar-refractivity contribution in [2.45, 2.75) is 38.8 Å². The summed E-state index contributed by atoms with van der Waals surface area (Å²) in [6.07, 6.45) is 1.45. The van der Waals surface area contributed by atoms with Gasteiger partial charge >= 0.3 is 0 Å². The van der Waals surface area contributed by atoms with Gasteiger partial charge in [-0.15, -0.1) is 0 Å². The van der Waals surface area contributed by atoms with Crippen molar-refractivity contribution in [3.8, 4) is 0 Å². The molecule has 3 unspecified atom stereocenters. The maximum absolute atomic E-state index is 3.76. The van der Waals surface area contributed by atoms with Crippen LogP contribution in [0, 0.1) is 11.8 Å². The third-order valence-electron chi connectivity index (χ3n) is 3.02. The summed E-state index contributed by atoms with van der Waals surface area (Å²) in [5.74, 6) is 4.57. The minimum Gasteiger partial charge on any atom is -0.307 e. The van der Waals surface area contributed by atoms with Gasteiger partial charge in [0.15, 0.2) is 0 Å². The Labute approximate surface area is 79.7 Å². The molecule has 0 aromatic rings. The second-order valence-electron chi connectivity index (χ2n) is 5.03. The number of hydrogen-bond acceptors (Lipinski definition) is 2. The van der Waals surface area contributed by atoms with Crippen molar-refractivity contribution in [3.05, 3.63) is 0 Å². The molecule has 1 aliphatic heterocycles. The molecule has 0 aromatic carbocycles. The standard InChI is InChI=1S/C10H19NS/c1-7-4-8(7)9-5-12-6-10(2,3)11-9/h7-9,11H,4-6H2,1-3H3. The van der Waals surface area contributed by atoms with Crippen LogP contribution in [0.25, 0.3) is 0 Å². The van der Waals surface area contributed by atoms with Crippen molar-refractivity contribution < 1.29 is 0 Å². The predicted molar refractivity (Wildman–Crippen MR) is 55.6 cm³/mol. The Hall–Kier alpha value is 0.310. The van der Waals surface area contributed by atoms with Gasteiger partial charge in [-0.1, -0.05) is 6.92 Å². The monoisotopic (exact) mass is 185 g/mol. The van der Waals surface area contributed by atoms with E-state index in [0.717, 1.165) is 17.9 Å². The zero-order valence-corrected chi connectivity index (χ0v) is 9.08. The lowest BCUT2D eigenvalue weighted by Crippen LogP contribution is -2.53. The Bertz CT molecular complexity index is 179. The molecule has 1 saturated heterocycles. The summed E-state index contributed by atoms with van der Waals surface area (Å²) >= 11 is 2.12. The van der Waals surface area contributed by atoms with E-state index < -0.39 is 0 Å². The molecule has 0 radical (unpaired) electrons. The first-order valence-corrected chi connectivity index (χ1v) is 6.09. The SMILES string of the molecule is CC1CC1C1CSCC(C)(C)N1. The molecule has 1 N–H and O–H groups in total. The molecular weight excluding hydrogens is 166 g/mol. The van der Waals surface area contributed by atoms with Crippen LogP contribution in [0.15, 0.2) is 0 Å². The predicted octanol–water partition coefficient (Wildman–Crippen LogP) is 2.13. The first-order chi connectivity index (χ1) is 5.58. The van der Waals surface area contributed by atoms with E-state index in [0.29, 0.717) is 5.54 Å². The molecule has 1 heterocycles. The normalized spacial score (nSPS) is 45.8. The van der Waals surface area contributed by atoms with Crippen molar-refractivity contribution in [2.24, 2.45) is 11.8 Å². The first-order valence-electron chi connectivity index (χ1n) is 4.94. The number of nitrogens with one attached hydrogen (secondary N) is 1. The highest BCUT2D eigenvalue weighted by Gasteiger charge is 2.42. The molecule has 1 saturated carbocycles. The maximum Gasteiger partial charge on any atom is 0.0218 e. The molecule has 1 nitrogen and oxygen atoms in total. The Morgan fingerprint density at radius 1 is 1.42 bits per heavy atom.